The molecule has 0 saturated heterocycles. The van der Waals surface area contributed by atoms with Crippen molar-refractivity contribution >= 4 is 11.4 Å². The van der Waals surface area contributed by atoms with Gasteiger partial charge in [-0.15, -0.1) is 0 Å². The molecule has 0 aliphatic carbocycles. The molecule has 16 heavy (non-hydrogen) atoms. The molecule has 0 unspecified atom stereocenters. The van der Waals surface area contributed by atoms with E-state index in [9.17, 15) is 10.1 Å². The summed E-state index contributed by atoms with van der Waals surface area (Å²) in [7, 11) is 0. The van der Waals surface area contributed by atoms with Gasteiger partial charge in [-0.3, -0.25) is 10.1 Å². The molecule has 0 spiro atoms. The summed E-state index contributed by atoms with van der Waals surface area (Å²) >= 11 is 0. The monoisotopic (exact) mass is 214 g/mol. The van der Waals surface area contributed by atoms with E-state index >= 15 is 0 Å². The highest BCUT2D eigenvalue weighted by molar-refractivity contribution is 5.65. The Kier molecular flexibility index (Phi) is 3.03. The number of hydrogen-bond donors (Lipinski definition) is 0. The van der Waals surface area contributed by atoms with E-state index in [1.807, 2.05) is 0 Å². The minimum absolute atomic E-state index is 0.0736. The van der Waals surface area contributed by atoms with Crippen LogP contribution in [0.5, 0.6) is 0 Å². The number of nitriles is 2. The van der Waals surface area contributed by atoms with Crippen molar-refractivity contribution in [2.75, 3.05) is 0 Å². The summed E-state index contributed by atoms with van der Waals surface area (Å²) in [5.74, 6) is 0. The second-order valence-electron chi connectivity index (χ2n) is 2.56. The normalized spacial score (nSPS) is 8.38. The van der Waals surface area contributed by atoms with Gasteiger partial charge in [0.2, 0.25) is 0 Å². The zero-order valence-electron chi connectivity index (χ0n) is 7.65. The van der Waals surface area contributed by atoms with Crippen molar-refractivity contribution in [3.05, 3.63) is 43.8 Å². The Hall–Kier alpha value is -3.09. The van der Waals surface area contributed by atoms with Crippen molar-refractivity contribution in [2.24, 2.45) is 5.11 Å². The predicted molar refractivity (Wildman–Crippen MR) is 51.3 cm³/mol. The Morgan fingerprint density at radius 3 is 2.38 bits per heavy atom. The van der Waals surface area contributed by atoms with E-state index in [0.717, 1.165) is 12.1 Å². The van der Waals surface area contributed by atoms with E-state index in [2.05, 4.69) is 10.0 Å². The van der Waals surface area contributed by atoms with Crippen LogP contribution < -0.4 is 0 Å². The smallest absolute Gasteiger partial charge is 0.258 e. The average Bonchev–Trinajstić information content (AvgIpc) is 2.28. The zero-order valence-corrected chi connectivity index (χ0v) is 7.65. The highest BCUT2D eigenvalue weighted by atomic mass is 16.6. The average molecular weight is 214 g/mol. The Morgan fingerprint density at radius 2 is 1.94 bits per heavy atom. The molecule has 0 radical (unpaired) electrons. The van der Waals surface area contributed by atoms with Gasteiger partial charge >= 0.3 is 0 Å². The van der Waals surface area contributed by atoms with Crippen molar-refractivity contribution < 1.29 is 4.92 Å². The maximum Gasteiger partial charge on any atom is 0.280 e. The predicted octanol–water partition coefficient (Wildman–Crippen LogP) is 2.28. The number of rotatable bonds is 2. The van der Waals surface area contributed by atoms with Gasteiger partial charge in [0.05, 0.1) is 16.1 Å². The quantitative estimate of drug-likeness (QED) is 0.245. The van der Waals surface area contributed by atoms with Crippen LogP contribution >= 0.6 is 0 Å². The molecular weight excluding hydrogens is 212 g/mol. The van der Waals surface area contributed by atoms with E-state index in [-0.39, 0.29) is 16.8 Å². The lowest BCUT2D eigenvalue weighted by Gasteiger charge is -1.98. The van der Waals surface area contributed by atoms with Crippen LogP contribution in [0.2, 0.25) is 0 Å². The molecule has 0 amide bonds. The Bertz CT molecular complexity index is 549. The van der Waals surface area contributed by atoms with Gasteiger partial charge in [-0.2, -0.15) is 10.5 Å². The van der Waals surface area contributed by atoms with Crippen LogP contribution in [0.1, 0.15) is 11.1 Å². The maximum absolute atomic E-state index is 10.6. The molecule has 0 heterocycles. The molecule has 1 rings (SSSR count). The van der Waals surface area contributed by atoms with Crippen LogP contribution in [0.4, 0.5) is 11.4 Å². The van der Waals surface area contributed by atoms with Crippen molar-refractivity contribution in [3.8, 4) is 12.1 Å². The minimum atomic E-state index is -0.786. The summed E-state index contributed by atoms with van der Waals surface area (Å²) < 4.78 is 0. The molecular formula is C8H2N6O2. The van der Waals surface area contributed by atoms with Crippen LogP contribution in [-0.4, -0.2) is 4.92 Å². The van der Waals surface area contributed by atoms with Crippen molar-refractivity contribution in [2.45, 2.75) is 0 Å². The first-order valence-corrected chi connectivity index (χ1v) is 3.81. The van der Waals surface area contributed by atoms with Gasteiger partial charge in [-0.1, -0.05) is 5.11 Å². The van der Waals surface area contributed by atoms with Crippen molar-refractivity contribution in [1.29, 1.82) is 10.5 Å². The van der Waals surface area contributed by atoms with Gasteiger partial charge in [-0.25, -0.2) is 0 Å². The Labute approximate surface area is 88.7 Å². The third-order valence-electron chi connectivity index (χ3n) is 1.70. The topological polar surface area (TPSA) is 139 Å². The van der Waals surface area contributed by atoms with Gasteiger partial charge < -0.3 is 0 Å². The fourth-order valence-corrected chi connectivity index (χ4v) is 1.04. The van der Waals surface area contributed by atoms with Gasteiger partial charge in [0, 0.05) is 11.0 Å². The number of nitro groups is 1. The van der Waals surface area contributed by atoms with Crippen LogP contribution in [0.15, 0.2) is 17.2 Å². The standard InChI is InChI=1S/C8H2N6O2/c9-3-5-1-7(12-13-11)8(14(15)16)2-6(5)4-10/h1-2H. The first-order valence-electron chi connectivity index (χ1n) is 3.81. The first kappa shape index (κ1) is 11.0. The van der Waals surface area contributed by atoms with Gasteiger partial charge in [0.1, 0.15) is 17.8 Å². The first-order chi connectivity index (χ1) is 7.63. The van der Waals surface area contributed by atoms with Gasteiger partial charge in [0.25, 0.3) is 5.69 Å². The molecule has 76 valence electrons. The second kappa shape index (κ2) is 4.42. The van der Waals surface area contributed by atoms with Crippen LogP contribution in [0, 0.1) is 32.8 Å². The molecule has 0 fully saturated rings. The largest absolute Gasteiger partial charge is 0.280 e. The molecule has 0 aliphatic heterocycles. The minimum Gasteiger partial charge on any atom is -0.258 e. The molecule has 8 heteroatoms. The highest BCUT2D eigenvalue weighted by Crippen LogP contribution is 2.30. The lowest BCUT2D eigenvalue weighted by Crippen LogP contribution is -1.92. The molecule has 0 aliphatic rings. The number of benzene rings is 1. The van der Waals surface area contributed by atoms with Crippen LogP contribution in [0.3, 0.4) is 0 Å². The zero-order chi connectivity index (χ0) is 12.1. The summed E-state index contributed by atoms with van der Waals surface area (Å²) in [6, 6.07) is 5.25. The lowest BCUT2D eigenvalue weighted by molar-refractivity contribution is -0.384. The fraction of sp³-hybridized carbons (Fsp3) is 0. The molecule has 0 aromatic heterocycles. The summed E-state index contributed by atoms with van der Waals surface area (Å²) in [5.41, 5.74) is 7.20. The van der Waals surface area contributed by atoms with Crippen molar-refractivity contribution in [1.82, 2.24) is 0 Å². The lowest BCUT2D eigenvalue weighted by atomic mass is 10.1. The molecule has 1 aromatic rings. The molecule has 8 nitrogen and oxygen atoms in total. The number of nitro benzene ring substituents is 1. The number of azide groups is 1. The van der Waals surface area contributed by atoms with E-state index in [0.29, 0.717) is 0 Å². The Morgan fingerprint density at radius 1 is 1.38 bits per heavy atom. The molecule has 1 aromatic carbocycles. The highest BCUT2D eigenvalue weighted by Gasteiger charge is 2.17. The summed E-state index contributed by atoms with van der Waals surface area (Å²) in [4.78, 5) is 12.2. The van der Waals surface area contributed by atoms with E-state index in [4.69, 9.17) is 16.1 Å². The second-order valence-corrected chi connectivity index (χ2v) is 2.56. The summed E-state index contributed by atoms with van der Waals surface area (Å²) in [6.07, 6.45) is 0. The maximum atomic E-state index is 10.6. The van der Waals surface area contributed by atoms with Crippen LogP contribution in [-0.2, 0) is 0 Å². The molecule has 0 bridgehead atoms. The fourth-order valence-electron chi connectivity index (χ4n) is 1.04. The number of nitrogens with zero attached hydrogens (tertiary/aromatic N) is 6. The number of hydrogen-bond acceptors (Lipinski definition) is 5. The summed E-state index contributed by atoms with van der Waals surface area (Å²) in [6.45, 7) is 0. The van der Waals surface area contributed by atoms with Crippen LogP contribution in [0.25, 0.3) is 10.4 Å². The molecule has 0 atom stereocenters. The van der Waals surface area contributed by atoms with E-state index < -0.39 is 10.6 Å². The van der Waals surface area contributed by atoms with Gasteiger partial charge in [0.15, 0.2) is 0 Å². The third kappa shape index (κ3) is 1.87. The van der Waals surface area contributed by atoms with Gasteiger partial charge in [-0.05, 0) is 11.6 Å². The van der Waals surface area contributed by atoms with E-state index in [1.165, 1.54) is 0 Å². The third-order valence-corrected chi connectivity index (χ3v) is 1.70. The SMILES string of the molecule is N#Cc1cc(N=[N+]=[N-])c([N+](=O)[O-])cc1C#N. The summed E-state index contributed by atoms with van der Waals surface area (Å²) in [5, 5.41) is 31.0. The Balaban J connectivity index is 3.63. The van der Waals surface area contributed by atoms with Crippen molar-refractivity contribution in [3.63, 3.8) is 0 Å². The molecule has 0 saturated carbocycles. The molecule has 0 N–H and O–H groups in total. The van der Waals surface area contributed by atoms with E-state index in [1.54, 1.807) is 12.1 Å².